The zero-order valence-electron chi connectivity index (χ0n) is 21.8. The Bertz CT molecular complexity index is 1320. The number of alkyl halides is 2. The van der Waals surface area contributed by atoms with Crippen LogP contribution in [0.2, 0.25) is 0 Å². The maximum absolute atomic E-state index is 13.6. The van der Waals surface area contributed by atoms with E-state index in [9.17, 15) is 13.6 Å². The smallest absolute Gasteiger partial charge is 0.288 e. The number of thioether (sulfide) groups is 2. The van der Waals surface area contributed by atoms with Crippen LogP contribution >= 0.6 is 23.5 Å². The highest BCUT2D eigenvalue weighted by Gasteiger charge is 2.39. The summed E-state index contributed by atoms with van der Waals surface area (Å²) in [4.78, 5) is 23.6. The van der Waals surface area contributed by atoms with Gasteiger partial charge in [0.2, 0.25) is 0 Å². The molecule has 0 N–H and O–H groups in total. The van der Waals surface area contributed by atoms with Crippen molar-refractivity contribution in [2.75, 3.05) is 11.4 Å². The van der Waals surface area contributed by atoms with Gasteiger partial charge in [-0.15, -0.1) is 0 Å². The Morgan fingerprint density at radius 2 is 1.72 bits per heavy atom. The fourth-order valence-corrected chi connectivity index (χ4v) is 6.54. The summed E-state index contributed by atoms with van der Waals surface area (Å²) in [6.45, 7) is 3.88. The number of hydrogen-bond acceptors (Lipinski definition) is 5. The van der Waals surface area contributed by atoms with Gasteiger partial charge in [-0.25, -0.2) is 4.99 Å². The topological polar surface area (TPSA) is 35.9 Å². The van der Waals surface area contributed by atoms with Crippen LogP contribution in [0.1, 0.15) is 43.7 Å². The second-order valence-corrected chi connectivity index (χ2v) is 11.7. The summed E-state index contributed by atoms with van der Waals surface area (Å²) in [5, 5.41) is 0.657. The third-order valence-corrected chi connectivity index (χ3v) is 8.67. The van der Waals surface area contributed by atoms with Gasteiger partial charge in [-0.3, -0.25) is 9.69 Å². The van der Waals surface area contributed by atoms with Gasteiger partial charge in [0, 0.05) is 29.7 Å². The van der Waals surface area contributed by atoms with Crippen LogP contribution in [0.15, 0.2) is 93.7 Å². The van der Waals surface area contributed by atoms with Crippen LogP contribution in [-0.4, -0.2) is 34.3 Å². The lowest BCUT2D eigenvalue weighted by Crippen LogP contribution is -2.37. The first-order chi connectivity index (χ1) is 19.0. The van der Waals surface area contributed by atoms with Crippen LogP contribution in [0.5, 0.6) is 0 Å². The lowest BCUT2D eigenvalue weighted by molar-refractivity contribution is -0.123. The molecule has 2 fully saturated rings. The maximum atomic E-state index is 13.6. The van der Waals surface area contributed by atoms with E-state index in [4.69, 9.17) is 4.99 Å². The van der Waals surface area contributed by atoms with Crippen molar-refractivity contribution in [2.24, 2.45) is 4.99 Å². The molecule has 1 heterocycles. The molecule has 0 spiro atoms. The van der Waals surface area contributed by atoms with Crippen LogP contribution in [0.4, 0.5) is 20.2 Å². The molecule has 1 aliphatic heterocycles. The molecule has 5 rings (SSSR count). The minimum atomic E-state index is -2.46. The van der Waals surface area contributed by atoms with Gasteiger partial charge in [0.25, 0.3) is 11.7 Å². The van der Waals surface area contributed by atoms with E-state index in [1.165, 1.54) is 17.3 Å². The average Bonchev–Trinajstić information content (AvgIpc) is 3.57. The number of anilines is 1. The predicted molar refractivity (Wildman–Crippen MR) is 160 cm³/mol. The number of nitrogens with zero attached hydrogens (tertiary/aromatic N) is 3. The summed E-state index contributed by atoms with van der Waals surface area (Å²) in [6, 6.07) is 25.6. The van der Waals surface area contributed by atoms with Crippen LogP contribution in [0.3, 0.4) is 0 Å². The molecule has 1 saturated carbocycles. The third kappa shape index (κ3) is 6.92. The summed E-state index contributed by atoms with van der Waals surface area (Å²) in [5.74, 6) is -2.47. The molecule has 3 aromatic carbocycles. The second-order valence-electron chi connectivity index (χ2n) is 9.58. The van der Waals surface area contributed by atoms with Crippen molar-refractivity contribution in [1.82, 2.24) is 4.90 Å². The monoisotopic (exact) mass is 563 g/mol. The zero-order chi connectivity index (χ0) is 27.2. The van der Waals surface area contributed by atoms with Gasteiger partial charge in [-0.2, -0.15) is 8.78 Å². The summed E-state index contributed by atoms with van der Waals surface area (Å²) >= 11 is 1.90. The van der Waals surface area contributed by atoms with E-state index >= 15 is 0 Å². The van der Waals surface area contributed by atoms with Crippen LogP contribution in [-0.2, 0) is 11.3 Å². The largest absolute Gasteiger partial charge is 0.367 e. The summed E-state index contributed by atoms with van der Waals surface area (Å²) in [5.41, 5.74) is 4.01. The van der Waals surface area contributed by atoms with E-state index in [1.54, 1.807) is 24.3 Å². The van der Waals surface area contributed by atoms with Crippen molar-refractivity contribution in [1.29, 1.82) is 0 Å². The predicted octanol–water partition coefficient (Wildman–Crippen LogP) is 8.57. The van der Waals surface area contributed by atoms with E-state index in [0.717, 1.165) is 50.0 Å². The molecule has 1 saturated heterocycles. The first kappa shape index (κ1) is 27.5. The molecule has 4 nitrogen and oxygen atoms in total. The van der Waals surface area contributed by atoms with Gasteiger partial charge < -0.3 is 4.90 Å². The van der Waals surface area contributed by atoms with Gasteiger partial charge in [0.1, 0.15) is 0 Å². The van der Waals surface area contributed by atoms with E-state index in [0.29, 0.717) is 32.4 Å². The Kier molecular flexibility index (Phi) is 9.04. The van der Waals surface area contributed by atoms with Crippen molar-refractivity contribution in [3.63, 3.8) is 0 Å². The number of benzene rings is 3. The molecule has 1 amide bonds. The molecular weight excluding hydrogens is 532 g/mol. The third-order valence-electron chi connectivity index (χ3n) is 6.97. The van der Waals surface area contributed by atoms with E-state index in [2.05, 4.69) is 60.4 Å². The SMILES string of the molecule is CCN(Cc1ccccc1)c1ccc(/C=C2/SC(=Nc3ccc(SC(F)F)cc3)N(C3CCCC3)C2=O)cc1. The lowest BCUT2D eigenvalue weighted by Gasteiger charge is -2.23. The second kappa shape index (κ2) is 12.8. The molecule has 202 valence electrons. The summed E-state index contributed by atoms with van der Waals surface area (Å²) in [6.07, 6.45) is 6.07. The molecule has 1 aliphatic carbocycles. The molecule has 2 aliphatic rings. The average molecular weight is 564 g/mol. The standard InChI is InChI=1S/C31H31F2N3OS2/c1-2-35(21-23-8-4-3-5-9-23)25-16-12-22(13-17-25)20-28-29(37)36(26-10-6-7-11-26)31(39-28)34-24-14-18-27(19-15-24)38-30(32)33/h3-5,8-9,12-20,26,30H,2,6-7,10-11,21H2,1H3/b28-20+,34-31?. The molecule has 0 radical (unpaired) electrons. The number of hydrogen-bond donors (Lipinski definition) is 0. The van der Waals surface area contributed by atoms with Crippen molar-refractivity contribution < 1.29 is 13.6 Å². The van der Waals surface area contributed by atoms with Crippen LogP contribution in [0, 0.1) is 0 Å². The molecule has 8 heteroatoms. The zero-order valence-corrected chi connectivity index (χ0v) is 23.4. The molecule has 0 atom stereocenters. The Balaban J connectivity index is 1.36. The quantitative estimate of drug-likeness (QED) is 0.193. The summed E-state index contributed by atoms with van der Waals surface area (Å²) in [7, 11) is 0. The first-order valence-electron chi connectivity index (χ1n) is 13.3. The van der Waals surface area contributed by atoms with E-state index in [-0.39, 0.29) is 11.9 Å². The van der Waals surface area contributed by atoms with Crippen LogP contribution < -0.4 is 4.90 Å². The first-order valence-corrected chi connectivity index (χ1v) is 15.0. The fraction of sp³-hybridized carbons (Fsp3) is 0.290. The number of halogens is 2. The maximum Gasteiger partial charge on any atom is 0.288 e. The molecule has 39 heavy (non-hydrogen) atoms. The van der Waals surface area contributed by atoms with E-state index < -0.39 is 5.76 Å². The number of rotatable bonds is 9. The molecule has 0 bridgehead atoms. The van der Waals surface area contributed by atoms with Gasteiger partial charge in [0.15, 0.2) is 5.17 Å². The molecule has 3 aromatic rings. The van der Waals surface area contributed by atoms with Gasteiger partial charge in [-0.1, -0.05) is 67.1 Å². The highest BCUT2D eigenvalue weighted by molar-refractivity contribution is 8.18. The van der Waals surface area contributed by atoms with Crippen molar-refractivity contribution >= 4 is 52.0 Å². The number of amides is 1. The van der Waals surface area contributed by atoms with E-state index in [1.807, 2.05) is 17.0 Å². The van der Waals surface area contributed by atoms with Crippen molar-refractivity contribution in [2.45, 2.75) is 55.8 Å². The highest BCUT2D eigenvalue weighted by Crippen LogP contribution is 2.39. The molecule has 0 unspecified atom stereocenters. The Morgan fingerprint density at radius 1 is 1.03 bits per heavy atom. The molecule has 0 aromatic heterocycles. The number of aliphatic imine (C=N–C) groups is 1. The Hall–Kier alpha value is -3.10. The van der Waals surface area contributed by atoms with Crippen molar-refractivity contribution in [3.05, 3.63) is 94.9 Å². The number of carbonyl (C=O) groups is 1. The number of carbonyl (C=O) groups excluding carboxylic acids is 1. The lowest BCUT2D eigenvalue weighted by atomic mass is 10.1. The Labute approximate surface area is 237 Å². The summed E-state index contributed by atoms with van der Waals surface area (Å²) < 4.78 is 25.4. The van der Waals surface area contributed by atoms with Gasteiger partial charge in [0.05, 0.1) is 10.6 Å². The van der Waals surface area contributed by atoms with Gasteiger partial charge in [-0.05, 0) is 85.1 Å². The van der Waals surface area contributed by atoms with Gasteiger partial charge >= 0.3 is 0 Å². The van der Waals surface area contributed by atoms with Crippen LogP contribution in [0.25, 0.3) is 6.08 Å². The number of amidine groups is 1. The molecular formula is C31H31F2N3OS2. The highest BCUT2D eigenvalue weighted by atomic mass is 32.2. The minimum Gasteiger partial charge on any atom is -0.367 e. The normalized spacial score (nSPS) is 18.2. The minimum absolute atomic E-state index is 0.0149. The van der Waals surface area contributed by atoms with Crippen molar-refractivity contribution in [3.8, 4) is 0 Å². The fourth-order valence-electron chi connectivity index (χ4n) is 4.98. The Morgan fingerprint density at radius 3 is 2.36 bits per heavy atom.